The highest BCUT2D eigenvalue weighted by atomic mass is 32.1. The van der Waals surface area contributed by atoms with E-state index in [1.807, 2.05) is 6.92 Å². The highest BCUT2D eigenvalue weighted by Gasteiger charge is 2.24. The van der Waals surface area contributed by atoms with Crippen LogP contribution in [0.25, 0.3) is 0 Å². The molecular formula is C14H14N4O3S. The minimum absolute atomic E-state index is 0.212. The van der Waals surface area contributed by atoms with E-state index in [4.69, 9.17) is 4.74 Å². The lowest BCUT2D eigenvalue weighted by Crippen LogP contribution is -2.34. The van der Waals surface area contributed by atoms with Crippen LogP contribution in [0.5, 0.6) is 5.75 Å². The van der Waals surface area contributed by atoms with Crippen molar-refractivity contribution >= 4 is 34.7 Å². The molecule has 2 amide bonds. The summed E-state index contributed by atoms with van der Waals surface area (Å²) in [7, 11) is 0. The van der Waals surface area contributed by atoms with Crippen molar-refractivity contribution in [3.63, 3.8) is 0 Å². The molecule has 114 valence electrons. The van der Waals surface area contributed by atoms with Crippen LogP contribution in [0.2, 0.25) is 0 Å². The number of fused-ring (bicyclic) bond motifs is 1. The third-order valence-corrected chi connectivity index (χ3v) is 4.03. The van der Waals surface area contributed by atoms with Crippen molar-refractivity contribution in [3.05, 3.63) is 28.8 Å². The molecule has 0 radical (unpaired) electrons. The van der Waals surface area contributed by atoms with Crippen LogP contribution < -0.4 is 15.4 Å². The Hall–Kier alpha value is -2.48. The van der Waals surface area contributed by atoms with E-state index in [0.29, 0.717) is 34.1 Å². The molecule has 0 saturated heterocycles. The predicted octanol–water partition coefficient (Wildman–Crippen LogP) is 2.07. The highest BCUT2D eigenvalue weighted by Crippen LogP contribution is 2.32. The van der Waals surface area contributed by atoms with E-state index in [9.17, 15) is 9.59 Å². The summed E-state index contributed by atoms with van der Waals surface area (Å²) in [5.74, 6) is 0.109. The number of hydrogen-bond acceptors (Lipinski definition) is 6. The van der Waals surface area contributed by atoms with Gasteiger partial charge in [0.1, 0.15) is 10.6 Å². The number of aromatic nitrogens is 2. The summed E-state index contributed by atoms with van der Waals surface area (Å²) < 4.78 is 9.27. The van der Waals surface area contributed by atoms with Crippen LogP contribution in [-0.2, 0) is 11.2 Å². The molecule has 2 aromatic rings. The van der Waals surface area contributed by atoms with Gasteiger partial charge in [-0.25, -0.2) is 0 Å². The first-order valence-electron chi connectivity index (χ1n) is 6.82. The van der Waals surface area contributed by atoms with Gasteiger partial charge in [-0.1, -0.05) is 11.4 Å². The maximum atomic E-state index is 12.2. The van der Waals surface area contributed by atoms with Gasteiger partial charge in [-0.2, -0.15) is 0 Å². The van der Waals surface area contributed by atoms with Gasteiger partial charge in [0.25, 0.3) is 11.8 Å². The summed E-state index contributed by atoms with van der Waals surface area (Å²) in [5.41, 5.74) is 1.78. The Balaban J connectivity index is 1.81. The molecule has 1 aromatic carbocycles. The number of hydrogen-bond donors (Lipinski definition) is 2. The molecule has 0 fully saturated rings. The molecular weight excluding hydrogens is 304 g/mol. The number of carbonyl (C=O) groups is 2. The molecule has 1 aliphatic heterocycles. The van der Waals surface area contributed by atoms with Crippen molar-refractivity contribution in [2.75, 3.05) is 10.6 Å². The van der Waals surface area contributed by atoms with E-state index >= 15 is 0 Å². The number of benzene rings is 1. The van der Waals surface area contributed by atoms with Crippen molar-refractivity contribution < 1.29 is 14.3 Å². The third kappa shape index (κ3) is 2.64. The van der Waals surface area contributed by atoms with Crippen molar-refractivity contribution in [1.82, 2.24) is 9.59 Å². The van der Waals surface area contributed by atoms with Gasteiger partial charge in [-0.3, -0.25) is 9.59 Å². The van der Waals surface area contributed by atoms with Gasteiger partial charge >= 0.3 is 0 Å². The van der Waals surface area contributed by atoms with Crippen molar-refractivity contribution in [3.8, 4) is 5.75 Å². The average Bonchev–Trinajstić information content (AvgIpc) is 2.97. The quantitative estimate of drug-likeness (QED) is 0.903. The molecule has 0 spiro atoms. The smallest absolute Gasteiger partial charge is 0.269 e. The molecule has 0 bridgehead atoms. The first-order chi connectivity index (χ1) is 10.6. The zero-order valence-corrected chi connectivity index (χ0v) is 12.9. The Kier molecular flexibility index (Phi) is 3.76. The standard InChI is InChI=1S/C14H14N4O3S/c1-3-9-12(22-18-17-9)14(20)15-8-4-5-11-10(6-8)16-13(19)7(2)21-11/h4-7H,3H2,1-2H3,(H,15,20)(H,16,19). The minimum atomic E-state index is -0.525. The molecule has 8 heteroatoms. The van der Waals surface area contributed by atoms with Crippen LogP contribution in [0.4, 0.5) is 11.4 Å². The maximum absolute atomic E-state index is 12.2. The largest absolute Gasteiger partial charge is 0.479 e. The number of ether oxygens (including phenoxy) is 1. The normalized spacial score (nSPS) is 16.5. The summed E-state index contributed by atoms with van der Waals surface area (Å²) in [4.78, 5) is 24.4. The van der Waals surface area contributed by atoms with Crippen molar-refractivity contribution in [2.24, 2.45) is 0 Å². The second-order valence-corrected chi connectivity index (χ2v) is 5.57. The topological polar surface area (TPSA) is 93.2 Å². The number of nitrogens with zero attached hydrogens (tertiary/aromatic N) is 2. The predicted molar refractivity (Wildman–Crippen MR) is 82.4 cm³/mol. The molecule has 3 rings (SSSR count). The zero-order valence-electron chi connectivity index (χ0n) is 12.0. The lowest BCUT2D eigenvalue weighted by Gasteiger charge is -2.23. The van der Waals surface area contributed by atoms with Gasteiger partial charge < -0.3 is 15.4 Å². The van der Waals surface area contributed by atoms with Crippen LogP contribution in [0.1, 0.15) is 29.2 Å². The molecule has 0 saturated carbocycles. The van der Waals surface area contributed by atoms with Crippen LogP contribution in [0.3, 0.4) is 0 Å². The summed E-state index contributed by atoms with van der Waals surface area (Å²) in [6.07, 6.45) is 0.119. The van der Waals surface area contributed by atoms with E-state index < -0.39 is 6.10 Å². The van der Waals surface area contributed by atoms with Crippen molar-refractivity contribution in [2.45, 2.75) is 26.4 Å². The van der Waals surface area contributed by atoms with Crippen LogP contribution in [-0.4, -0.2) is 27.5 Å². The molecule has 1 unspecified atom stereocenters. The number of carbonyl (C=O) groups excluding carboxylic acids is 2. The molecule has 7 nitrogen and oxygen atoms in total. The number of amides is 2. The van der Waals surface area contributed by atoms with Crippen molar-refractivity contribution in [1.29, 1.82) is 0 Å². The summed E-state index contributed by atoms with van der Waals surface area (Å²) in [5, 5.41) is 9.44. The number of aryl methyl sites for hydroxylation is 1. The van der Waals surface area contributed by atoms with Crippen LogP contribution >= 0.6 is 11.5 Å². The Morgan fingerprint density at radius 3 is 3.09 bits per heavy atom. The Morgan fingerprint density at radius 2 is 2.32 bits per heavy atom. The van der Waals surface area contributed by atoms with Gasteiger partial charge in [-0.05, 0) is 43.1 Å². The van der Waals surface area contributed by atoms with Crippen LogP contribution in [0, 0.1) is 0 Å². The minimum Gasteiger partial charge on any atom is -0.479 e. The Bertz CT molecular complexity index is 743. The SMILES string of the molecule is CCc1nnsc1C(=O)Nc1ccc2c(c1)NC(=O)C(C)O2. The number of anilines is 2. The monoisotopic (exact) mass is 318 g/mol. The number of nitrogens with one attached hydrogen (secondary N) is 2. The molecule has 1 atom stereocenters. The summed E-state index contributed by atoms with van der Waals surface area (Å²) >= 11 is 1.06. The van der Waals surface area contributed by atoms with E-state index in [0.717, 1.165) is 11.5 Å². The van der Waals surface area contributed by atoms with E-state index in [-0.39, 0.29) is 11.8 Å². The number of rotatable bonds is 3. The highest BCUT2D eigenvalue weighted by molar-refractivity contribution is 7.08. The first kappa shape index (κ1) is 14.5. The van der Waals surface area contributed by atoms with E-state index in [1.165, 1.54) is 0 Å². The van der Waals surface area contributed by atoms with Gasteiger partial charge in [0.05, 0.1) is 11.4 Å². The second-order valence-electron chi connectivity index (χ2n) is 4.82. The van der Waals surface area contributed by atoms with E-state index in [1.54, 1.807) is 25.1 Å². The van der Waals surface area contributed by atoms with Gasteiger partial charge in [0.2, 0.25) is 0 Å². The molecule has 2 heterocycles. The summed E-state index contributed by atoms with van der Waals surface area (Å²) in [6, 6.07) is 5.10. The van der Waals surface area contributed by atoms with Gasteiger partial charge in [-0.15, -0.1) is 5.10 Å². The average molecular weight is 318 g/mol. The molecule has 1 aromatic heterocycles. The zero-order chi connectivity index (χ0) is 15.7. The summed E-state index contributed by atoms with van der Waals surface area (Å²) in [6.45, 7) is 3.59. The van der Waals surface area contributed by atoms with Gasteiger partial charge in [0.15, 0.2) is 6.10 Å². The fourth-order valence-electron chi connectivity index (χ4n) is 2.09. The first-order valence-corrected chi connectivity index (χ1v) is 7.60. The van der Waals surface area contributed by atoms with Crippen LogP contribution in [0.15, 0.2) is 18.2 Å². The Labute approximate surface area is 130 Å². The lowest BCUT2D eigenvalue weighted by molar-refractivity contribution is -0.122. The fourth-order valence-corrected chi connectivity index (χ4v) is 2.73. The second kappa shape index (κ2) is 5.72. The molecule has 0 aliphatic carbocycles. The third-order valence-electron chi connectivity index (χ3n) is 3.27. The van der Waals surface area contributed by atoms with Gasteiger partial charge in [0, 0.05) is 5.69 Å². The molecule has 2 N–H and O–H groups in total. The molecule has 22 heavy (non-hydrogen) atoms. The fraction of sp³-hybridized carbons (Fsp3) is 0.286. The molecule has 1 aliphatic rings. The lowest BCUT2D eigenvalue weighted by atomic mass is 10.2. The van der Waals surface area contributed by atoms with E-state index in [2.05, 4.69) is 20.2 Å². The Morgan fingerprint density at radius 1 is 1.50 bits per heavy atom. The maximum Gasteiger partial charge on any atom is 0.269 e.